The smallest absolute Gasteiger partial charge is 0.306 e. The fourth-order valence-electron chi connectivity index (χ4n) is 7.40. The Balaban J connectivity index is 2.24. The highest BCUT2D eigenvalue weighted by Gasteiger charge is 2.44. The molecule has 1 aliphatic rings. The van der Waals surface area contributed by atoms with Gasteiger partial charge in [-0.15, -0.1) is 0 Å². The molecule has 0 saturated carbocycles. The molecule has 1 aliphatic heterocycles. The molecule has 1 heterocycles. The topological polar surface area (TPSA) is 135 Å². The van der Waals surface area contributed by atoms with E-state index in [1.54, 1.807) is 0 Å². The van der Waals surface area contributed by atoms with Crippen LogP contribution in [0.5, 0.6) is 0 Å². The number of allylic oxidation sites excluding steroid dienone is 22. The molecule has 9 heteroatoms. The van der Waals surface area contributed by atoms with Crippen LogP contribution in [0.2, 0.25) is 0 Å². The van der Waals surface area contributed by atoms with Crippen LogP contribution in [0.3, 0.4) is 0 Å². The SMILES string of the molecule is CC/C=C\C/C=C\C/C=C\C/C=C\C/C=C\C/C=C\CCCCCOCC(COC1OC(CO)C(O)C(O)C1O)OC(=O)CCCCCCCCCCC/C=C\C/C=C\C/C=C\C/C=C\C/C=C\CC. The molecule has 6 atom stereocenters. The first-order valence-corrected chi connectivity index (χ1v) is 27.3. The first-order valence-electron chi connectivity index (χ1n) is 27.3. The van der Waals surface area contributed by atoms with Crippen LogP contribution in [0.15, 0.2) is 134 Å². The summed E-state index contributed by atoms with van der Waals surface area (Å²) in [5.41, 5.74) is 0. The van der Waals surface area contributed by atoms with Gasteiger partial charge in [0.05, 0.1) is 19.8 Å². The molecule has 1 fully saturated rings. The Kier molecular flexibility index (Phi) is 46.2. The van der Waals surface area contributed by atoms with E-state index in [4.69, 9.17) is 18.9 Å². The fraction of sp³-hybridized carbons (Fsp3) is 0.623. The van der Waals surface area contributed by atoms with Crippen molar-refractivity contribution < 1.29 is 44.2 Å². The molecule has 0 radical (unpaired) electrons. The molecule has 1 saturated heterocycles. The summed E-state index contributed by atoms with van der Waals surface area (Å²) in [6.45, 7) is 4.22. The van der Waals surface area contributed by atoms with Crippen molar-refractivity contribution in [2.75, 3.05) is 26.4 Å². The summed E-state index contributed by atoms with van der Waals surface area (Å²) in [6.07, 6.45) is 67.7. The Morgan fingerprint density at radius 3 is 1.24 bits per heavy atom. The van der Waals surface area contributed by atoms with Gasteiger partial charge in [-0.2, -0.15) is 0 Å². The van der Waals surface area contributed by atoms with Gasteiger partial charge in [-0.25, -0.2) is 0 Å². The Labute approximate surface area is 426 Å². The quantitative estimate of drug-likeness (QED) is 0.0267. The number of hydrogen-bond acceptors (Lipinski definition) is 9. The Hall–Kier alpha value is -3.67. The van der Waals surface area contributed by atoms with Crippen molar-refractivity contribution in [3.63, 3.8) is 0 Å². The molecule has 70 heavy (non-hydrogen) atoms. The zero-order chi connectivity index (χ0) is 50.6. The van der Waals surface area contributed by atoms with Crippen LogP contribution >= 0.6 is 0 Å². The van der Waals surface area contributed by atoms with E-state index in [-0.39, 0.29) is 19.2 Å². The average molecular weight is 975 g/mol. The number of ether oxygens (including phenoxy) is 4. The van der Waals surface area contributed by atoms with Crippen molar-refractivity contribution in [2.24, 2.45) is 0 Å². The molecule has 0 spiro atoms. The summed E-state index contributed by atoms with van der Waals surface area (Å²) < 4.78 is 22.9. The number of aliphatic hydroxyl groups is 4. The van der Waals surface area contributed by atoms with Crippen LogP contribution in [-0.2, 0) is 23.7 Å². The van der Waals surface area contributed by atoms with E-state index in [1.165, 1.54) is 32.1 Å². The van der Waals surface area contributed by atoms with Crippen molar-refractivity contribution >= 4 is 5.97 Å². The van der Waals surface area contributed by atoms with Gasteiger partial charge in [0.15, 0.2) is 6.29 Å². The summed E-state index contributed by atoms with van der Waals surface area (Å²) in [6, 6.07) is 0. The standard InChI is InChI=1S/C61H98O9/c1-3-5-7-9-11-13-15-17-19-21-23-25-27-28-29-30-32-34-36-38-40-42-44-46-48-50-57(63)69-55(54-68-61-60(66)59(65)58(64)56(52-62)70-61)53-67-51-49-47-45-43-41-39-37-35-33-31-26-24-22-20-18-16-14-12-10-8-6-4-2/h5-8,11-14,17-20,23-26,28-29,33,35,39,41,55-56,58-62,64-66H,3-4,9-10,15-16,21-22,27,30-32,34,36-38,40,42-54H2,1-2H3/b7-5-,8-6-,13-11-,14-12-,19-17-,20-18-,25-23-,26-24-,29-28-,35-33-,41-39-. The van der Waals surface area contributed by atoms with Crippen LogP contribution in [0.1, 0.15) is 181 Å². The molecule has 0 bridgehead atoms. The summed E-state index contributed by atoms with van der Waals surface area (Å²) in [4.78, 5) is 12.9. The lowest BCUT2D eigenvalue weighted by Crippen LogP contribution is -2.59. The van der Waals surface area contributed by atoms with Crippen molar-refractivity contribution in [1.82, 2.24) is 0 Å². The summed E-state index contributed by atoms with van der Waals surface area (Å²) >= 11 is 0. The third kappa shape index (κ3) is 40.0. The zero-order valence-electron chi connectivity index (χ0n) is 43.7. The first-order chi connectivity index (χ1) is 34.4. The van der Waals surface area contributed by atoms with E-state index in [9.17, 15) is 25.2 Å². The lowest BCUT2D eigenvalue weighted by molar-refractivity contribution is -0.305. The van der Waals surface area contributed by atoms with E-state index in [2.05, 4.69) is 148 Å². The van der Waals surface area contributed by atoms with Gasteiger partial charge in [-0.1, -0.05) is 199 Å². The third-order valence-corrected chi connectivity index (χ3v) is 11.6. The number of aliphatic hydroxyl groups excluding tert-OH is 4. The van der Waals surface area contributed by atoms with Gasteiger partial charge >= 0.3 is 5.97 Å². The maximum absolute atomic E-state index is 12.9. The minimum absolute atomic E-state index is 0.110. The lowest BCUT2D eigenvalue weighted by atomic mass is 9.99. The fourth-order valence-corrected chi connectivity index (χ4v) is 7.40. The van der Waals surface area contributed by atoms with Crippen molar-refractivity contribution in [3.05, 3.63) is 134 Å². The number of hydrogen-bond donors (Lipinski definition) is 4. The van der Waals surface area contributed by atoms with E-state index in [1.807, 2.05) is 0 Å². The van der Waals surface area contributed by atoms with Crippen LogP contribution in [0.25, 0.3) is 0 Å². The predicted octanol–water partition coefficient (Wildman–Crippen LogP) is 14.0. The average Bonchev–Trinajstić information content (AvgIpc) is 3.36. The number of carbonyl (C=O) groups is 1. The summed E-state index contributed by atoms with van der Waals surface area (Å²) in [5.74, 6) is -0.338. The van der Waals surface area contributed by atoms with Crippen LogP contribution in [0.4, 0.5) is 0 Å². The van der Waals surface area contributed by atoms with Crippen LogP contribution in [-0.4, -0.2) is 89.6 Å². The predicted molar refractivity (Wildman–Crippen MR) is 292 cm³/mol. The minimum atomic E-state index is -1.55. The molecule has 0 aromatic heterocycles. The van der Waals surface area contributed by atoms with Crippen molar-refractivity contribution in [3.8, 4) is 0 Å². The Bertz CT molecular complexity index is 1530. The van der Waals surface area contributed by atoms with Crippen LogP contribution in [0, 0.1) is 0 Å². The number of unbranched alkanes of at least 4 members (excludes halogenated alkanes) is 12. The molecule has 6 unspecified atom stereocenters. The number of esters is 1. The first kappa shape index (κ1) is 64.3. The van der Waals surface area contributed by atoms with Crippen molar-refractivity contribution in [1.29, 1.82) is 0 Å². The second kappa shape index (κ2) is 50.3. The van der Waals surface area contributed by atoms with Gasteiger partial charge in [0.2, 0.25) is 0 Å². The van der Waals surface area contributed by atoms with E-state index >= 15 is 0 Å². The maximum atomic E-state index is 12.9. The molecule has 0 aliphatic carbocycles. The maximum Gasteiger partial charge on any atom is 0.306 e. The molecule has 1 rings (SSSR count). The molecular weight excluding hydrogens is 877 g/mol. The van der Waals surface area contributed by atoms with E-state index in [0.29, 0.717) is 13.0 Å². The highest BCUT2D eigenvalue weighted by molar-refractivity contribution is 5.69. The molecule has 9 nitrogen and oxygen atoms in total. The van der Waals surface area contributed by atoms with Gasteiger partial charge < -0.3 is 39.4 Å². The van der Waals surface area contributed by atoms with Crippen molar-refractivity contribution in [2.45, 2.75) is 218 Å². The van der Waals surface area contributed by atoms with Gasteiger partial charge in [-0.05, 0) is 109 Å². The van der Waals surface area contributed by atoms with Gasteiger partial charge in [-0.3, -0.25) is 4.79 Å². The number of rotatable bonds is 45. The molecule has 0 aromatic carbocycles. The van der Waals surface area contributed by atoms with Crippen LogP contribution < -0.4 is 0 Å². The minimum Gasteiger partial charge on any atom is -0.457 e. The normalized spacial score (nSPS) is 20.0. The highest BCUT2D eigenvalue weighted by Crippen LogP contribution is 2.22. The lowest BCUT2D eigenvalue weighted by Gasteiger charge is -2.39. The van der Waals surface area contributed by atoms with E-state index < -0.39 is 43.4 Å². The molecular formula is C61H98O9. The molecule has 4 N–H and O–H groups in total. The summed E-state index contributed by atoms with van der Waals surface area (Å²) in [5, 5.41) is 40.3. The van der Waals surface area contributed by atoms with Gasteiger partial charge in [0.1, 0.15) is 30.5 Å². The Morgan fingerprint density at radius 1 is 0.457 bits per heavy atom. The zero-order valence-corrected chi connectivity index (χ0v) is 43.7. The molecule has 0 aromatic rings. The third-order valence-electron chi connectivity index (χ3n) is 11.6. The monoisotopic (exact) mass is 975 g/mol. The largest absolute Gasteiger partial charge is 0.457 e. The Morgan fingerprint density at radius 2 is 0.829 bits per heavy atom. The van der Waals surface area contributed by atoms with Gasteiger partial charge in [0.25, 0.3) is 0 Å². The molecule has 396 valence electrons. The molecule has 0 amide bonds. The van der Waals surface area contributed by atoms with Gasteiger partial charge in [0, 0.05) is 13.0 Å². The second-order valence-electron chi connectivity index (χ2n) is 17.9. The second-order valence-corrected chi connectivity index (χ2v) is 17.9. The highest BCUT2D eigenvalue weighted by atomic mass is 16.7. The van der Waals surface area contributed by atoms with E-state index in [0.717, 1.165) is 128 Å². The summed E-state index contributed by atoms with van der Waals surface area (Å²) in [7, 11) is 0. The number of carbonyl (C=O) groups excluding carboxylic acids is 1.